The number of nitriles is 1. The first-order valence-electron chi connectivity index (χ1n) is 4.86. The first-order valence-corrected chi connectivity index (χ1v) is 6.02. The maximum absolute atomic E-state index is 8.83. The molecule has 1 heterocycles. The van der Waals surface area contributed by atoms with Crippen LogP contribution in [-0.2, 0) is 0 Å². The standard InChI is InChI=1S/C10H18N2S/c1-10(2,7-11)8-12-9-3-5-13-6-4-9/h9,12H,3-6,8H2,1-2H3. The average Bonchev–Trinajstić information content (AvgIpc) is 2.17. The summed E-state index contributed by atoms with van der Waals surface area (Å²) in [5.41, 5.74) is -0.218. The maximum atomic E-state index is 8.83. The monoisotopic (exact) mass is 198 g/mol. The summed E-state index contributed by atoms with van der Waals surface area (Å²) in [6, 6.07) is 2.96. The van der Waals surface area contributed by atoms with Crippen molar-refractivity contribution in [1.29, 1.82) is 5.26 Å². The molecule has 2 nitrogen and oxygen atoms in total. The molecule has 74 valence electrons. The van der Waals surface area contributed by atoms with Gasteiger partial charge in [-0.1, -0.05) is 0 Å². The van der Waals surface area contributed by atoms with Crippen molar-refractivity contribution in [1.82, 2.24) is 5.32 Å². The molecule has 0 aliphatic carbocycles. The fourth-order valence-electron chi connectivity index (χ4n) is 1.34. The highest BCUT2D eigenvalue weighted by molar-refractivity contribution is 7.99. The van der Waals surface area contributed by atoms with Gasteiger partial charge < -0.3 is 5.32 Å². The Morgan fingerprint density at radius 3 is 2.62 bits per heavy atom. The summed E-state index contributed by atoms with van der Waals surface area (Å²) < 4.78 is 0. The molecular formula is C10H18N2S. The van der Waals surface area contributed by atoms with Crippen LogP contribution in [0.4, 0.5) is 0 Å². The molecule has 0 bridgehead atoms. The number of hydrogen-bond acceptors (Lipinski definition) is 3. The van der Waals surface area contributed by atoms with E-state index in [9.17, 15) is 0 Å². The third-order valence-electron chi connectivity index (χ3n) is 2.36. The van der Waals surface area contributed by atoms with Crippen LogP contribution in [0.1, 0.15) is 26.7 Å². The predicted octanol–water partition coefficient (Wildman–Crippen LogP) is 2.02. The van der Waals surface area contributed by atoms with Gasteiger partial charge in [-0.2, -0.15) is 17.0 Å². The van der Waals surface area contributed by atoms with Crippen LogP contribution in [0.2, 0.25) is 0 Å². The largest absolute Gasteiger partial charge is 0.312 e. The fourth-order valence-corrected chi connectivity index (χ4v) is 2.45. The van der Waals surface area contributed by atoms with Crippen LogP contribution in [0.3, 0.4) is 0 Å². The molecule has 0 aromatic rings. The highest BCUT2D eigenvalue weighted by Crippen LogP contribution is 2.18. The molecule has 1 aliphatic heterocycles. The molecule has 0 unspecified atom stereocenters. The topological polar surface area (TPSA) is 35.8 Å². The SMILES string of the molecule is CC(C)(C#N)CNC1CCSCC1. The number of thioether (sulfide) groups is 1. The summed E-state index contributed by atoms with van der Waals surface area (Å²) in [7, 11) is 0. The van der Waals surface area contributed by atoms with Crippen LogP contribution in [-0.4, -0.2) is 24.1 Å². The second-order valence-electron chi connectivity index (χ2n) is 4.26. The van der Waals surface area contributed by atoms with Crippen molar-refractivity contribution in [2.24, 2.45) is 5.41 Å². The van der Waals surface area contributed by atoms with Gasteiger partial charge in [-0.25, -0.2) is 0 Å². The molecule has 1 fully saturated rings. The highest BCUT2D eigenvalue weighted by Gasteiger charge is 2.19. The second-order valence-corrected chi connectivity index (χ2v) is 5.49. The number of rotatable bonds is 3. The Bertz CT molecular complexity index is 190. The molecule has 13 heavy (non-hydrogen) atoms. The minimum Gasteiger partial charge on any atom is -0.312 e. The summed E-state index contributed by atoms with van der Waals surface area (Å²) in [6.07, 6.45) is 2.51. The normalized spacial score (nSPS) is 19.8. The second kappa shape index (κ2) is 4.88. The van der Waals surface area contributed by atoms with E-state index in [1.165, 1.54) is 24.3 Å². The molecule has 0 atom stereocenters. The van der Waals surface area contributed by atoms with E-state index in [4.69, 9.17) is 5.26 Å². The van der Waals surface area contributed by atoms with E-state index in [2.05, 4.69) is 11.4 Å². The van der Waals surface area contributed by atoms with Crippen molar-refractivity contribution in [2.75, 3.05) is 18.1 Å². The van der Waals surface area contributed by atoms with Crippen LogP contribution in [0.5, 0.6) is 0 Å². The Morgan fingerprint density at radius 2 is 2.08 bits per heavy atom. The van der Waals surface area contributed by atoms with Gasteiger partial charge in [0, 0.05) is 12.6 Å². The number of hydrogen-bond donors (Lipinski definition) is 1. The van der Waals surface area contributed by atoms with Crippen molar-refractivity contribution in [3.8, 4) is 6.07 Å². The minimum atomic E-state index is -0.218. The molecular weight excluding hydrogens is 180 g/mol. The van der Waals surface area contributed by atoms with Crippen LogP contribution >= 0.6 is 11.8 Å². The molecule has 0 saturated carbocycles. The third kappa shape index (κ3) is 4.02. The Morgan fingerprint density at radius 1 is 1.46 bits per heavy atom. The number of nitrogens with one attached hydrogen (secondary N) is 1. The average molecular weight is 198 g/mol. The zero-order valence-corrected chi connectivity index (χ0v) is 9.28. The van der Waals surface area contributed by atoms with Crippen molar-refractivity contribution in [3.05, 3.63) is 0 Å². The van der Waals surface area contributed by atoms with Crippen molar-refractivity contribution in [3.63, 3.8) is 0 Å². The van der Waals surface area contributed by atoms with Crippen molar-refractivity contribution >= 4 is 11.8 Å². The third-order valence-corrected chi connectivity index (χ3v) is 3.41. The molecule has 0 aromatic heterocycles. The summed E-state index contributed by atoms with van der Waals surface area (Å²) >= 11 is 2.03. The summed E-state index contributed by atoms with van der Waals surface area (Å²) in [5, 5.41) is 12.3. The molecule has 1 saturated heterocycles. The Hall–Kier alpha value is -0.200. The fraction of sp³-hybridized carbons (Fsp3) is 0.900. The molecule has 0 spiro atoms. The Labute approximate surface area is 85.1 Å². The van der Waals surface area contributed by atoms with E-state index < -0.39 is 0 Å². The van der Waals surface area contributed by atoms with Crippen molar-refractivity contribution < 1.29 is 0 Å². The molecule has 0 aromatic carbocycles. The van der Waals surface area contributed by atoms with Crippen LogP contribution in [0.15, 0.2) is 0 Å². The molecule has 1 rings (SSSR count). The molecule has 1 N–H and O–H groups in total. The highest BCUT2D eigenvalue weighted by atomic mass is 32.2. The molecule has 0 amide bonds. The van der Waals surface area contributed by atoms with Gasteiger partial charge in [0.05, 0.1) is 11.5 Å². The maximum Gasteiger partial charge on any atom is 0.0697 e. The van der Waals surface area contributed by atoms with Gasteiger partial charge in [-0.3, -0.25) is 0 Å². The van der Waals surface area contributed by atoms with E-state index in [0.29, 0.717) is 6.04 Å². The first kappa shape index (κ1) is 10.9. The van der Waals surface area contributed by atoms with Crippen LogP contribution in [0, 0.1) is 16.7 Å². The lowest BCUT2D eigenvalue weighted by Gasteiger charge is -2.25. The smallest absolute Gasteiger partial charge is 0.0697 e. The number of nitrogens with zero attached hydrogens (tertiary/aromatic N) is 1. The Kier molecular flexibility index (Phi) is 4.08. The molecule has 0 radical (unpaired) electrons. The quantitative estimate of drug-likeness (QED) is 0.753. The van der Waals surface area contributed by atoms with E-state index in [1.807, 2.05) is 25.6 Å². The lowest BCUT2D eigenvalue weighted by Crippen LogP contribution is -2.38. The van der Waals surface area contributed by atoms with Gasteiger partial charge in [0.1, 0.15) is 0 Å². The van der Waals surface area contributed by atoms with E-state index in [-0.39, 0.29) is 5.41 Å². The lowest BCUT2D eigenvalue weighted by atomic mass is 9.95. The van der Waals surface area contributed by atoms with Gasteiger partial charge in [-0.15, -0.1) is 0 Å². The zero-order chi connectivity index (χ0) is 9.73. The van der Waals surface area contributed by atoms with Crippen LogP contribution < -0.4 is 5.32 Å². The Balaban J connectivity index is 2.22. The first-order chi connectivity index (χ1) is 6.14. The summed E-state index contributed by atoms with van der Waals surface area (Å²) in [5.74, 6) is 2.54. The van der Waals surface area contributed by atoms with Crippen molar-refractivity contribution in [2.45, 2.75) is 32.7 Å². The zero-order valence-electron chi connectivity index (χ0n) is 8.47. The molecule has 3 heteroatoms. The van der Waals surface area contributed by atoms with Gasteiger partial charge in [0.15, 0.2) is 0 Å². The summed E-state index contributed by atoms with van der Waals surface area (Å²) in [4.78, 5) is 0. The predicted molar refractivity (Wildman–Crippen MR) is 57.7 cm³/mol. The lowest BCUT2D eigenvalue weighted by molar-refractivity contribution is 0.386. The molecule has 1 aliphatic rings. The van der Waals surface area contributed by atoms with Gasteiger partial charge >= 0.3 is 0 Å². The minimum absolute atomic E-state index is 0.218. The van der Waals surface area contributed by atoms with Gasteiger partial charge in [0.25, 0.3) is 0 Å². The van der Waals surface area contributed by atoms with E-state index in [0.717, 1.165) is 6.54 Å². The van der Waals surface area contributed by atoms with Crippen LogP contribution in [0.25, 0.3) is 0 Å². The van der Waals surface area contributed by atoms with E-state index in [1.54, 1.807) is 0 Å². The summed E-state index contributed by atoms with van der Waals surface area (Å²) in [6.45, 7) is 4.79. The van der Waals surface area contributed by atoms with E-state index >= 15 is 0 Å². The van der Waals surface area contributed by atoms with Gasteiger partial charge in [-0.05, 0) is 38.2 Å². The van der Waals surface area contributed by atoms with Gasteiger partial charge in [0.2, 0.25) is 0 Å².